The van der Waals surface area contributed by atoms with Gasteiger partial charge in [0.1, 0.15) is 0 Å². The fraction of sp³-hybridized carbons (Fsp3) is 0. The van der Waals surface area contributed by atoms with Gasteiger partial charge >= 0.3 is 0 Å². The fourth-order valence-corrected chi connectivity index (χ4v) is 1.82. The molecule has 0 aliphatic carbocycles. The van der Waals surface area contributed by atoms with Crippen LogP contribution in [-0.4, -0.2) is 19.9 Å². The first-order chi connectivity index (χ1) is 9.93. The lowest BCUT2D eigenvalue weighted by Crippen LogP contribution is -1.78. The van der Waals surface area contributed by atoms with Crippen LogP contribution in [0.5, 0.6) is 0 Å². The third kappa shape index (κ3) is 2.75. The number of pyridine rings is 4. The monoisotopic (exact) mass is 260 g/mol. The topological polar surface area (TPSA) is 51.6 Å². The summed E-state index contributed by atoms with van der Waals surface area (Å²) in [5.74, 6) is 0. The van der Waals surface area contributed by atoms with Crippen molar-refractivity contribution in [2.75, 3.05) is 0 Å². The lowest BCUT2D eigenvalue weighted by Gasteiger charge is -1.90. The van der Waals surface area contributed by atoms with Crippen molar-refractivity contribution in [3.05, 3.63) is 73.4 Å². The van der Waals surface area contributed by atoms with Crippen molar-refractivity contribution in [2.24, 2.45) is 0 Å². The van der Waals surface area contributed by atoms with Gasteiger partial charge in [-0.1, -0.05) is 6.07 Å². The minimum atomic E-state index is 0.810. The lowest BCUT2D eigenvalue weighted by atomic mass is 10.3. The van der Waals surface area contributed by atoms with E-state index in [1.54, 1.807) is 31.0 Å². The zero-order valence-corrected chi connectivity index (χ0v) is 10.7. The van der Waals surface area contributed by atoms with E-state index in [0.29, 0.717) is 0 Å². The molecule has 4 aromatic heterocycles. The van der Waals surface area contributed by atoms with E-state index in [0.717, 1.165) is 21.9 Å². The van der Waals surface area contributed by atoms with Gasteiger partial charge in [0.2, 0.25) is 0 Å². The molecule has 0 fully saturated rings. The molecule has 0 bridgehead atoms. The molecule has 0 unspecified atom stereocenters. The zero-order chi connectivity index (χ0) is 13.6. The van der Waals surface area contributed by atoms with Gasteiger partial charge in [-0.3, -0.25) is 9.97 Å². The van der Waals surface area contributed by atoms with Crippen LogP contribution in [0.4, 0.5) is 0 Å². The summed E-state index contributed by atoms with van der Waals surface area (Å²) in [4.78, 5) is 16.2. The Morgan fingerprint density at radius 2 is 1.25 bits per heavy atom. The van der Waals surface area contributed by atoms with Crippen LogP contribution in [0.1, 0.15) is 0 Å². The normalized spacial score (nSPS) is 10.0. The summed E-state index contributed by atoms with van der Waals surface area (Å²) in [6.45, 7) is 0. The number of hydrogen-bond donors (Lipinski definition) is 0. The Morgan fingerprint density at radius 3 is 1.90 bits per heavy atom. The average Bonchev–Trinajstić information content (AvgIpc) is 2.56. The molecule has 96 valence electrons. The van der Waals surface area contributed by atoms with Gasteiger partial charge in [0.05, 0.1) is 11.7 Å². The summed E-state index contributed by atoms with van der Waals surface area (Å²) in [6.07, 6.45) is 8.79. The number of nitrogens with zero attached hydrogens (tertiary/aromatic N) is 4. The molecule has 4 nitrogen and oxygen atoms in total. The standard InChI is InChI=1S/2C8H6N2/c1-3-7-4-2-6-10-8(7)9-5-1;1-2-7-3-5-9-6-8(7)10-4-1/h2*1-6H. The summed E-state index contributed by atoms with van der Waals surface area (Å²) in [7, 11) is 0. The lowest BCUT2D eigenvalue weighted by molar-refractivity contribution is 1.29. The molecule has 0 N–H and O–H groups in total. The van der Waals surface area contributed by atoms with Crippen molar-refractivity contribution >= 4 is 21.9 Å². The second-order valence-corrected chi connectivity index (χ2v) is 4.13. The second kappa shape index (κ2) is 5.84. The first kappa shape index (κ1) is 12.2. The van der Waals surface area contributed by atoms with Crippen LogP contribution in [0, 0.1) is 0 Å². The molecule has 0 aromatic carbocycles. The third-order valence-electron chi connectivity index (χ3n) is 2.78. The average molecular weight is 260 g/mol. The molecule has 0 saturated carbocycles. The molecule has 0 atom stereocenters. The van der Waals surface area contributed by atoms with Gasteiger partial charge in [-0.15, -0.1) is 0 Å². The minimum absolute atomic E-state index is 0.810. The third-order valence-corrected chi connectivity index (χ3v) is 2.78. The maximum absolute atomic E-state index is 4.12. The van der Waals surface area contributed by atoms with E-state index < -0.39 is 0 Å². The second-order valence-electron chi connectivity index (χ2n) is 4.13. The number of aromatic nitrogens is 4. The maximum Gasteiger partial charge on any atom is 0.159 e. The molecule has 0 aliphatic heterocycles. The summed E-state index contributed by atoms with van der Waals surface area (Å²) < 4.78 is 0. The predicted octanol–water partition coefficient (Wildman–Crippen LogP) is 3.26. The Balaban J connectivity index is 0.000000121. The molecule has 4 heterocycles. The van der Waals surface area contributed by atoms with Gasteiger partial charge in [0, 0.05) is 35.6 Å². The Bertz CT molecular complexity index is 628. The molecule has 4 aromatic rings. The highest BCUT2D eigenvalue weighted by Gasteiger charge is 1.88. The molecule has 0 spiro atoms. The van der Waals surface area contributed by atoms with Crippen LogP contribution in [-0.2, 0) is 0 Å². The van der Waals surface area contributed by atoms with E-state index >= 15 is 0 Å². The smallest absolute Gasteiger partial charge is 0.159 e. The Labute approximate surface area is 116 Å². The molecule has 0 radical (unpaired) electrons. The summed E-state index contributed by atoms with van der Waals surface area (Å²) in [5.41, 5.74) is 1.76. The highest BCUT2D eigenvalue weighted by molar-refractivity contribution is 5.76. The Hall–Kier alpha value is -2.88. The molecule has 4 rings (SSSR count). The van der Waals surface area contributed by atoms with Crippen molar-refractivity contribution in [1.82, 2.24) is 19.9 Å². The van der Waals surface area contributed by atoms with Crippen LogP contribution in [0.25, 0.3) is 21.9 Å². The number of fused-ring (bicyclic) bond motifs is 2. The summed E-state index contributed by atoms with van der Waals surface area (Å²) >= 11 is 0. The van der Waals surface area contributed by atoms with Gasteiger partial charge in [-0.05, 0) is 36.4 Å². The van der Waals surface area contributed by atoms with Crippen molar-refractivity contribution in [1.29, 1.82) is 0 Å². The number of hydrogen-bond acceptors (Lipinski definition) is 4. The SMILES string of the molecule is c1cnc2cnccc2c1.c1cnc2ncccc2c1. The molecule has 0 saturated heterocycles. The maximum atomic E-state index is 4.12. The first-order valence-corrected chi connectivity index (χ1v) is 6.24. The molecular formula is C16H12N4. The van der Waals surface area contributed by atoms with E-state index in [4.69, 9.17) is 0 Å². The number of rotatable bonds is 0. The quantitative estimate of drug-likeness (QED) is 0.487. The molecule has 0 amide bonds. The predicted molar refractivity (Wildman–Crippen MR) is 79.1 cm³/mol. The van der Waals surface area contributed by atoms with Gasteiger partial charge in [0.25, 0.3) is 0 Å². The Kier molecular flexibility index (Phi) is 3.55. The molecule has 20 heavy (non-hydrogen) atoms. The molecule has 0 aliphatic rings. The Morgan fingerprint density at radius 1 is 0.600 bits per heavy atom. The van der Waals surface area contributed by atoms with E-state index in [2.05, 4.69) is 19.9 Å². The van der Waals surface area contributed by atoms with Gasteiger partial charge < -0.3 is 0 Å². The fourth-order valence-electron chi connectivity index (χ4n) is 1.82. The van der Waals surface area contributed by atoms with Gasteiger partial charge in [-0.25, -0.2) is 9.97 Å². The van der Waals surface area contributed by atoms with Crippen molar-refractivity contribution in [3.8, 4) is 0 Å². The highest BCUT2D eigenvalue weighted by Crippen LogP contribution is 2.06. The highest BCUT2D eigenvalue weighted by atomic mass is 14.8. The first-order valence-electron chi connectivity index (χ1n) is 6.24. The van der Waals surface area contributed by atoms with E-state index in [9.17, 15) is 0 Å². The van der Waals surface area contributed by atoms with E-state index in [1.165, 1.54) is 0 Å². The van der Waals surface area contributed by atoms with Gasteiger partial charge in [-0.2, -0.15) is 0 Å². The van der Waals surface area contributed by atoms with Crippen LogP contribution in [0.15, 0.2) is 73.4 Å². The van der Waals surface area contributed by atoms with Gasteiger partial charge in [0.15, 0.2) is 5.65 Å². The van der Waals surface area contributed by atoms with Crippen molar-refractivity contribution < 1.29 is 0 Å². The van der Waals surface area contributed by atoms with E-state index in [-0.39, 0.29) is 0 Å². The molecular weight excluding hydrogens is 248 g/mol. The van der Waals surface area contributed by atoms with Crippen LogP contribution >= 0.6 is 0 Å². The van der Waals surface area contributed by atoms with Crippen molar-refractivity contribution in [3.63, 3.8) is 0 Å². The van der Waals surface area contributed by atoms with Crippen LogP contribution in [0.3, 0.4) is 0 Å². The summed E-state index contributed by atoms with van der Waals surface area (Å²) in [5, 5.41) is 2.22. The van der Waals surface area contributed by atoms with Crippen LogP contribution in [0.2, 0.25) is 0 Å². The summed E-state index contributed by atoms with van der Waals surface area (Å²) in [6, 6.07) is 13.7. The zero-order valence-electron chi connectivity index (χ0n) is 10.7. The van der Waals surface area contributed by atoms with Crippen molar-refractivity contribution in [2.45, 2.75) is 0 Å². The van der Waals surface area contributed by atoms with E-state index in [1.807, 2.05) is 42.5 Å². The minimum Gasteiger partial charge on any atom is -0.262 e. The largest absolute Gasteiger partial charge is 0.262 e. The molecule has 4 heteroatoms. The van der Waals surface area contributed by atoms with Crippen LogP contribution < -0.4 is 0 Å².